The largest absolute Gasteiger partial charge is 0.493 e. The van der Waals surface area contributed by atoms with Crippen molar-refractivity contribution in [1.82, 2.24) is 0 Å². The summed E-state index contributed by atoms with van der Waals surface area (Å²) in [6, 6.07) is 13.3. The van der Waals surface area contributed by atoms with Crippen molar-refractivity contribution >= 4 is 11.9 Å². The fourth-order valence-electron chi connectivity index (χ4n) is 1.96. The molecule has 0 atom stereocenters. The van der Waals surface area contributed by atoms with E-state index in [2.05, 4.69) is 4.74 Å². The van der Waals surface area contributed by atoms with E-state index in [1.807, 2.05) is 6.92 Å². The minimum atomic E-state index is -0.590. The van der Waals surface area contributed by atoms with E-state index >= 15 is 0 Å². The van der Waals surface area contributed by atoms with E-state index < -0.39 is 11.9 Å². The number of methoxy groups -OCH3 is 1. The average molecular weight is 314 g/mol. The van der Waals surface area contributed by atoms with Gasteiger partial charge in [0.1, 0.15) is 22.6 Å². The predicted octanol–water partition coefficient (Wildman–Crippen LogP) is 3.48. The molecule has 5 heteroatoms. The SMILES string of the molecule is CCCOc1ccccc1C(=O)Oc1ccccc1C(=O)OC. The molecule has 0 bridgehead atoms. The quantitative estimate of drug-likeness (QED) is 0.603. The first-order valence-electron chi connectivity index (χ1n) is 7.28. The molecule has 5 nitrogen and oxygen atoms in total. The molecule has 120 valence electrons. The molecule has 23 heavy (non-hydrogen) atoms. The van der Waals surface area contributed by atoms with E-state index in [-0.39, 0.29) is 11.3 Å². The molecule has 2 aromatic rings. The molecule has 0 spiro atoms. The lowest BCUT2D eigenvalue weighted by molar-refractivity contribution is 0.0593. The second kappa shape index (κ2) is 7.98. The number of hydrogen-bond donors (Lipinski definition) is 0. The number of rotatable bonds is 6. The average Bonchev–Trinajstić information content (AvgIpc) is 2.60. The number of ether oxygens (including phenoxy) is 3. The zero-order valence-electron chi connectivity index (χ0n) is 13.1. The standard InChI is InChI=1S/C18H18O5/c1-3-12-22-15-10-6-4-8-13(15)18(20)23-16-11-7-5-9-14(16)17(19)21-2/h4-11H,3,12H2,1-2H3. The first kappa shape index (κ1) is 16.5. The first-order chi connectivity index (χ1) is 11.2. The summed E-state index contributed by atoms with van der Waals surface area (Å²) in [5, 5.41) is 0. The van der Waals surface area contributed by atoms with Gasteiger partial charge in [0.2, 0.25) is 0 Å². The number of para-hydroxylation sites is 2. The molecule has 0 heterocycles. The van der Waals surface area contributed by atoms with Gasteiger partial charge >= 0.3 is 11.9 Å². The normalized spacial score (nSPS) is 10.0. The smallest absolute Gasteiger partial charge is 0.347 e. The lowest BCUT2D eigenvalue weighted by Gasteiger charge is -2.12. The van der Waals surface area contributed by atoms with Gasteiger partial charge < -0.3 is 14.2 Å². The number of esters is 2. The van der Waals surface area contributed by atoms with Crippen LogP contribution in [0.1, 0.15) is 34.1 Å². The molecule has 0 aromatic heterocycles. The Kier molecular flexibility index (Phi) is 5.74. The highest BCUT2D eigenvalue weighted by molar-refractivity contribution is 5.97. The zero-order chi connectivity index (χ0) is 16.7. The fraction of sp³-hybridized carbons (Fsp3) is 0.222. The Bertz CT molecular complexity index is 693. The topological polar surface area (TPSA) is 61.8 Å². The highest BCUT2D eigenvalue weighted by Gasteiger charge is 2.19. The summed E-state index contributed by atoms with van der Waals surface area (Å²) >= 11 is 0. The van der Waals surface area contributed by atoms with Crippen LogP contribution in [0.25, 0.3) is 0 Å². The van der Waals surface area contributed by atoms with E-state index in [0.29, 0.717) is 17.9 Å². The third-order valence-corrected chi connectivity index (χ3v) is 3.06. The molecule has 0 radical (unpaired) electrons. The highest BCUT2D eigenvalue weighted by atomic mass is 16.5. The van der Waals surface area contributed by atoms with Crippen LogP contribution in [-0.2, 0) is 4.74 Å². The predicted molar refractivity (Wildman–Crippen MR) is 85.0 cm³/mol. The lowest BCUT2D eigenvalue weighted by atomic mass is 10.2. The molecule has 0 unspecified atom stereocenters. The van der Waals surface area contributed by atoms with Crippen LogP contribution in [0.2, 0.25) is 0 Å². The molecular weight excluding hydrogens is 296 g/mol. The Hall–Kier alpha value is -2.82. The molecule has 2 aromatic carbocycles. The van der Waals surface area contributed by atoms with E-state index in [9.17, 15) is 9.59 Å². The monoisotopic (exact) mass is 314 g/mol. The van der Waals surface area contributed by atoms with Crippen molar-refractivity contribution in [2.24, 2.45) is 0 Å². The third kappa shape index (κ3) is 4.10. The van der Waals surface area contributed by atoms with E-state index in [1.54, 1.807) is 42.5 Å². The molecule has 0 N–H and O–H groups in total. The van der Waals surface area contributed by atoms with Crippen LogP contribution in [0.5, 0.6) is 11.5 Å². The van der Waals surface area contributed by atoms with E-state index in [1.165, 1.54) is 13.2 Å². The van der Waals surface area contributed by atoms with Gasteiger partial charge in [-0.3, -0.25) is 0 Å². The molecule has 0 saturated heterocycles. The summed E-state index contributed by atoms with van der Waals surface area (Å²) in [5.74, 6) is -0.554. The van der Waals surface area contributed by atoms with Gasteiger partial charge in [0.05, 0.1) is 13.7 Å². The maximum atomic E-state index is 12.4. The number of carbonyl (C=O) groups is 2. The second-order valence-electron chi connectivity index (χ2n) is 4.72. The van der Waals surface area contributed by atoms with Gasteiger partial charge in [-0.1, -0.05) is 31.2 Å². The number of benzene rings is 2. The van der Waals surface area contributed by atoms with Crippen molar-refractivity contribution < 1.29 is 23.8 Å². The van der Waals surface area contributed by atoms with Crippen molar-refractivity contribution in [2.45, 2.75) is 13.3 Å². The van der Waals surface area contributed by atoms with Crippen molar-refractivity contribution in [3.8, 4) is 11.5 Å². The lowest BCUT2D eigenvalue weighted by Crippen LogP contribution is -2.13. The van der Waals surface area contributed by atoms with E-state index in [0.717, 1.165) is 6.42 Å². The maximum Gasteiger partial charge on any atom is 0.347 e. The van der Waals surface area contributed by atoms with Gasteiger partial charge in [-0.2, -0.15) is 0 Å². The van der Waals surface area contributed by atoms with Gasteiger partial charge in [0.25, 0.3) is 0 Å². The Morgan fingerprint density at radius 2 is 1.43 bits per heavy atom. The first-order valence-corrected chi connectivity index (χ1v) is 7.28. The molecule has 0 aliphatic rings. The molecule has 0 aliphatic carbocycles. The molecule has 0 saturated carbocycles. The zero-order valence-corrected chi connectivity index (χ0v) is 13.1. The Morgan fingerprint density at radius 3 is 2.04 bits per heavy atom. The van der Waals surface area contributed by atoms with Gasteiger partial charge in [-0.15, -0.1) is 0 Å². The fourth-order valence-corrected chi connectivity index (χ4v) is 1.96. The van der Waals surface area contributed by atoms with Gasteiger partial charge in [-0.25, -0.2) is 9.59 Å². The summed E-state index contributed by atoms with van der Waals surface area (Å²) < 4.78 is 15.6. The van der Waals surface area contributed by atoms with Crippen LogP contribution >= 0.6 is 0 Å². The Morgan fingerprint density at radius 1 is 0.870 bits per heavy atom. The summed E-state index contributed by atoms with van der Waals surface area (Å²) in [4.78, 5) is 24.1. The van der Waals surface area contributed by atoms with Gasteiger partial charge in [0.15, 0.2) is 0 Å². The molecule has 0 aliphatic heterocycles. The molecular formula is C18H18O5. The van der Waals surface area contributed by atoms with Crippen molar-refractivity contribution in [1.29, 1.82) is 0 Å². The van der Waals surface area contributed by atoms with Gasteiger partial charge in [-0.05, 0) is 30.7 Å². The van der Waals surface area contributed by atoms with Crippen LogP contribution in [0.15, 0.2) is 48.5 Å². The minimum Gasteiger partial charge on any atom is -0.493 e. The van der Waals surface area contributed by atoms with E-state index in [4.69, 9.17) is 9.47 Å². The summed E-state index contributed by atoms with van der Waals surface area (Å²) in [6.45, 7) is 2.48. The van der Waals surface area contributed by atoms with Crippen LogP contribution in [0.3, 0.4) is 0 Å². The second-order valence-corrected chi connectivity index (χ2v) is 4.72. The minimum absolute atomic E-state index is 0.148. The Balaban J connectivity index is 2.25. The van der Waals surface area contributed by atoms with Crippen LogP contribution in [-0.4, -0.2) is 25.7 Å². The van der Waals surface area contributed by atoms with Crippen LogP contribution in [0.4, 0.5) is 0 Å². The summed E-state index contributed by atoms with van der Waals surface area (Å²) in [7, 11) is 1.27. The molecule has 0 amide bonds. The summed E-state index contributed by atoms with van der Waals surface area (Å²) in [6.07, 6.45) is 0.828. The molecule has 0 fully saturated rings. The maximum absolute atomic E-state index is 12.4. The van der Waals surface area contributed by atoms with Crippen molar-refractivity contribution in [3.05, 3.63) is 59.7 Å². The number of hydrogen-bond acceptors (Lipinski definition) is 5. The number of carbonyl (C=O) groups excluding carboxylic acids is 2. The van der Waals surface area contributed by atoms with Crippen molar-refractivity contribution in [2.75, 3.05) is 13.7 Å². The highest BCUT2D eigenvalue weighted by Crippen LogP contribution is 2.24. The van der Waals surface area contributed by atoms with Gasteiger partial charge in [0, 0.05) is 0 Å². The Labute approximate surface area is 134 Å². The third-order valence-electron chi connectivity index (χ3n) is 3.06. The summed E-state index contributed by atoms with van der Waals surface area (Å²) in [5.41, 5.74) is 0.496. The van der Waals surface area contributed by atoms with Crippen LogP contribution < -0.4 is 9.47 Å². The van der Waals surface area contributed by atoms with Crippen molar-refractivity contribution in [3.63, 3.8) is 0 Å². The molecule has 2 rings (SSSR count). The van der Waals surface area contributed by atoms with Crippen LogP contribution in [0, 0.1) is 0 Å².